The summed E-state index contributed by atoms with van der Waals surface area (Å²) in [5, 5.41) is 0. The van der Waals surface area contributed by atoms with Crippen molar-refractivity contribution in [2.75, 3.05) is 24.7 Å². The lowest BCUT2D eigenvalue weighted by Crippen LogP contribution is -2.48. The van der Waals surface area contributed by atoms with Crippen molar-refractivity contribution in [2.24, 2.45) is 0 Å². The zero-order valence-electron chi connectivity index (χ0n) is 17.1. The van der Waals surface area contributed by atoms with E-state index in [9.17, 15) is 18.0 Å². The summed E-state index contributed by atoms with van der Waals surface area (Å²) in [6, 6.07) is 5.36. The van der Waals surface area contributed by atoms with E-state index in [-0.39, 0.29) is 42.7 Å². The number of carbonyl (C=O) groups excluding carboxylic acids is 2. The van der Waals surface area contributed by atoms with Crippen molar-refractivity contribution >= 4 is 21.7 Å². The summed E-state index contributed by atoms with van der Waals surface area (Å²) in [5.74, 6) is -0.235. The summed E-state index contributed by atoms with van der Waals surface area (Å²) in [7, 11) is -3.10. The van der Waals surface area contributed by atoms with E-state index in [4.69, 9.17) is 9.47 Å². The number of benzene rings is 1. The van der Waals surface area contributed by atoms with Crippen molar-refractivity contribution in [1.29, 1.82) is 0 Å². The third-order valence-corrected chi connectivity index (χ3v) is 7.39. The van der Waals surface area contributed by atoms with Crippen LogP contribution in [0.3, 0.4) is 0 Å². The van der Waals surface area contributed by atoms with Gasteiger partial charge in [-0.2, -0.15) is 0 Å². The number of aryl methyl sites for hydroxylation is 2. The van der Waals surface area contributed by atoms with Crippen LogP contribution in [0.5, 0.6) is 5.75 Å². The average molecular weight is 424 g/mol. The van der Waals surface area contributed by atoms with Gasteiger partial charge in [-0.3, -0.25) is 4.79 Å². The maximum absolute atomic E-state index is 12.8. The predicted octanol–water partition coefficient (Wildman–Crippen LogP) is 2.18. The van der Waals surface area contributed by atoms with Crippen LogP contribution in [0.2, 0.25) is 0 Å². The number of esters is 1. The molecule has 1 aliphatic heterocycles. The minimum absolute atomic E-state index is 0.000994. The van der Waals surface area contributed by atoms with Crippen LogP contribution in [0.1, 0.15) is 43.2 Å². The van der Waals surface area contributed by atoms with Gasteiger partial charge in [-0.05, 0) is 44.7 Å². The fraction of sp³-hybridized carbons (Fsp3) is 0.619. The molecule has 2 fully saturated rings. The molecule has 0 aromatic heterocycles. The molecule has 3 rings (SSSR count). The van der Waals surface area contributed by atoms with Crippen molar-refractivity contribution in [3.05, 3.63) is 29.3 Å². The van der Waals surface area contributed by atoms with Gasteiger partial charge in [-0.25, -0.2) is 13.2 Å². The zero-order chi connectivity index (χ0) is 21.0. The van der Waals surface area contributed by atoms with E-state index in [2.05, 4.69) is 0 Å². The predicted molar refractivity (Wildman–Crippen MR) is 109 cm³/mol. The Morgan fingerprint density at radius 1 is 1.07 bits per heavy atom. The van der Waals surface area contributed by atoms with Gasteiger partial charge in [0.1, 0.15) is 5.75 Å². The lowest BCUT2D eigenvalue weighted by molar-refractivity contribution is -0.155. The van der Waals surface area contributed by atoms with Crippen LogP contribution in [0.25, 0.3) is 0 Å². The number of amides is 1. The van der Waals surface area contributed by atoms with Crippen molar-refractivity contribution in [1.82, 2.24) is 4.90 Å². The van der Waals surface area contributed by atoms with E-state index in [0.717, 1.165) is 36.8 Å². The first-order chi connectivity index (χ1) is 13.7. The Morgan fingerprint density at radius 2 is 1.79 bits per heavy atom. The Balaban J connectivity index is 1.54. The molecular formula is C21H29NO6S. The van der Waals surface area contributed by atoms with Gasteiger partial charge in [0.2, 0.25) is 0 Å². The molecular weight excluding hydrogens is 394 g/mol. The highest BCUT2D eigenvalue weighted by Crippen LogP contribution is 2.29. The zero-order valence-corrected chi connectivity index (χ0v) is 17.9. The van der Waals surface area contributed by atoms with Gasteiger partial charge in [-0.15, -0.1) is 0 Å². The van der Waals surface area contributed by atoms with Crippen molar-refractivity contribution in [3.63, 3.8) is 0 Å². The first-order valence-electron chi connectivity index (χ1n) is 10.1. The molecule has 1 aromatic carbocycles. The maximum atomic E-state index is 12.8. The summed E-state index contributed by atoms with van der Waals surface area (Å²) in [6.07, 6.45) is 4.24. The minimum Gasteiger partial charge on any atom is -0.482 e. The average Bonchev–Trinajstić information content (AvgIpc) is 3.29. The largest absolute Gasteiger partial charge is 0.482 e. The van der Waals surface area contributed by atoms with Gasteiger partial charge in [-0.1, -0.05) is 30.5 Å². The normalized spacial score (nSPS) is 21.1. The number of sulfone groups is 1. The smallest absolute Gasteiger partial charge is 0.344 e. The van der Waals surface area contributed by atoms with Gasteiger partial charge in [0.05, 0.1) is 11.5 Å². The van der Waals surface area contributed by atoms with Crippen LogP contribution in [0, 0.1) is 13.8 Å². The molecule has 1 amide bonds. The maximum Gasteiger partial charge on any atom is 0.344 e. The molecule has 1 aromatic rings. The Bertz CT molecular complexity index is 860. The van der Waals surface area contributed by atoms with Gasteiger partial charge in [0, 0.05) is 12.1 Å². The summed E-state index contributed by atoms with van der Waals surface area (Å²) < 4.78 is 34.4. The first kappa shape index (κ1) is 21.6. The van der Waals surface area contributed by atoms with E-state index >= 15 is 0 Å². The Morgan fingerprint density at radius 3 is 2.41 bits per heavy atom. The number of rotatable bonds is 7. The van der Waals surface area contributed by atoms with E-state index < -0.39 is 15.8 Å². The molecule has 7 nitrogen and oxygen atoms in total. The highest BCUT2D eigenvalue weighted by atomic mass is 32.2. The summed E-state index contributed by atoms with van der Waals surface area (Å²) in [4.78, 5) is 26.5. The third kappa shape index (κ3) is 5.72. The Labute approximate surface area is 172 Å². The fourth-order valence-electron chi connectivity index (χ4n) is 4.24. The topological polar surface area (TPSA) is 90.0 Å². The van der Waals surface area contributed by atoms with E-state index in [1.54, 1.807) is 11.0 Å². The van der Waals surface area contributed by atoms with E-state index in [1.165, 1.54) is 0 Å². The second-order valence-electron chi connectivity index (χ2n) is 8.01. The van der Waals surface area contributed by atoms with Crippen molar-refractivity contribution in [2.45, 2.75) is 58.0 Å². The summed E-state index contributed by atoms with van der Waals surface area (Å²) >= 11 is 0. The fourth-order valence-corrected chi connectivity index (χ4v) is 5.95. The standard InChI is InChI=1S/C21H29NO6S/c1-15-7-8-19(16(2)11-15)27-13-21(24)28-12-20(23)22(17-5-3-4-6-17)18-9-10-29(25,26)14-18/h7-8,11,17-18H,3-6,9-10,12-14H2,1-2H3/t18-/m1/s1. The molecule has 2 aliphatic rings. The molecule has 29 heavy (non-hydrogen) atoms. The van der Waals surface area contributed by atoms with Crippen molar-refractivity contribution in [3.8, 4) is 5.75 Å². The molecule has 0 unspecified atom stereocenters. The minimum atomic E-state index is -3.10. The van der Waals surface area contributed by atoms with Gasteiger partial charge in [0.15, 0.2) is 23.1 Å². The molecule has 0 radical (unpaired) electrons. The third-order valence-electron chi connectivity index (χ3n) is 5.64. The number of carbonyl (C=O) groups is 2. The van der Waals surface area contributed by atoms with E-state index in [1.807, 2.05) is 26.0 Å². The molecule has 0 bridgehead atoms. The molecule has 1 heterocycles. The highest BCUT2D eigenvalue weighted by Gasteiger charge is 2.39. The monoisotopic (exact) mass is 423 g/mol. The van der Waals surface area contributed by atoms with Crippen LogP contribution >= 0.6 is 0 Å². The van der Waals surface area contributed by atoms with Crippen LogP contribution in [-0.2, 0) is 24.2 Å². The first-order valence-corrected chi connectivity index (χ1v) is 11.9. The quantitative estimate of drug-likeness (QED) is 0.625. The second-order valence-corrected chi connectivity index (χ2v) is 10.2. The second kappa shape index (κ2) is 9.15. The lowest BCUT2D eigenvalue weighted by Gasteiger charge is -2.33. The van der Waals surface area contributed by atoms with Gasteiger partial charge >= 0.3 is 5.97 Å². The number of hydrogen-bond acceptors (Lipinski definition) is 6. The highest BCUT2D eigenvalue weighted by molar-refractivity contribution is 7.91. The molecule has 1 aliphatic carbocycles. The number of hydrogen-bond donors (Lipinski definition) is 0. The lowest BCUT2D eigenvalue weighted by atomic mass is 10.1. The summed E-state index contributed by atoms with van der Waals surface area (Å²) in [5.41, 5.74) is 2.02. The van der Waals surface area contributed by atoms with Crippen LogP contribution in [0.4, 0.5) is 0 Å². The molecule has 1 saturated carbocycles. The molecule has 8 heteroatoms. The van der Waals surface area contributed by atoms with Crippen LogP contribution in [0.15, 0.2) is 18.2 Å². The summed E-state index contributed by atoms with van der Waals surface area (Å²) in [6.45, 7) is 3.20. The molecule has 1 atom stereocenters. The van der Waals surface area contributed by atoms with E-state index in [0.29, 0.717) is 12.2 Å². The van der Waals surface area contributed by atoms with Gasteiger partial charge < -0.3 is 14.4 Å². The van der Waals surface area contributed by atoms with Crippen LogP contribution < -0.4 is 4.74 Å². The number of nitrogens with zero attached hydrogens (tertiary/aromatic N) is 1. The molecule has 0 N–H and O–H groups in total. The molecule has 160 valence electrons. The number of ether oxygens (including phenoxy) is 2. The Hall–Kier alpha value is -2.09. The van der Waals surface area contributed by atoms with Crippen LogP contribution in [-0.4, -0.2) is 62.0 Å². The van der Waals surface area contributed by atoms with Crippen molar-refractivity contribution < 1.29 is 27.5 Å². The Kier molecular flexibility index (Phi) is 6.82. The molecule has 1 saturated heterocycles. The van der Waals surface area contributed by atoms with Gasteiger partial charge in [0.25, 0.3) is 5.91 Å². The SMILES string of the molecule is Cc1ccc(OCC(=O)OCC(=O)N(C2CCCC2)[C@@H]2CCS(=O)(=O)C2)c(C)c1. The molecule has 0 spiro atoms.